The first-order valence-corrected chi connectivity index (χ1v) is 10.2. The number of hydrogen-bond acceptors (Lipinski definition) is 4. The zero-order valence-electron chi connectivity index (χ0n) is 17.1. The highest BCUT2D eigenvalue weighted by Gasteiger charge is 2.29. The van der Waals surface area contributed by atoms with E-state index in [-0.39, 0.29) is 17.6 Å². The molecule has 0 saturated heterocycles. The number of carbonyl (C=O) groups is 2. The van der Waals surface area contributed by atoms with E-state index in [1.807, 2.05) is 62.4 Å². The molecule has 1 aliphatic carbocycles. The van der Waals surface area contributed by atoms with Crippen LogP contribution in [0, 0.1) is 13.8 Å². The number of aromatic nitrogens is 1. The minimum Gasteiger partial charge on any atom is -0.355 e. The van der Waals surface area contributed by atoms with Crippen LogP contribution in [0.3, 0.4) is 0 Å². The lowest BCUT2D eigenvalue weighted by atomic mass is 10.0. The summed E-state index contributed by atoms with van der Waals surface area (Å²) in [5.74, 6) is -0.0846. The Morgan fingerprint density at radius 3 is 2.53 bits per heavy atom. The Balaban J connectivity index is 1.49. The summed E-state index contributed by atoms with van der Waals surface area (Å²) in [6.45, 7) is 4.06. The van der Waals surface area contributed by atoms with Gasteiger partial charge in [0.2, 0.25) is 5.91 Å². The van der Waals surface area contributed by atoms with E-state index in [1.54, 1.807) is 6.07 Å². The van der Waals surface area contributed by atoms with Crippen molar-refractivity contribution < 1.29 is 14.1 Å². The number of nitrogens with zero attached hydrogens (tertiary/aromatic N) is 1. The summed E-state index contributed by atoms with van der Waals surface area (Å²) in [6.07, 6.45) is 2.38. The Bertz CT molecular complexity index is 1050. The highest BCUT2D eigenvalue weighted by atomic mass is 16.5. The molecule has 1 aromatic heterocycles. The van der Waals surface area contributed by atoms with Crippen LogP contribution in [0.2, 0.25) is 0 Å². The molecule has 1 atom stereocenters. The normalized spacial score (nSPS) is 14.2. The standard InChI is InChI=1S/C24H25N3O3/c1-15-8-9-18(12-16(15)2)22-14-21(27-30-22)24(29)26-20(23(28)25-19-10-11-19)13-17-6-4-3-5-7-17/h3-9,12,14,19-20H,10-11,13H2,1-2H3,(H,25,28)(H,26,29). The Labute approximate surface area is 175 Å². The highest BCUT2D eigenvalue weighted by molar-refractivity contribution is 5.96. The minimum atomic E-state index is -0.678. The lowest BCUT2D eigenvalue weighted by molar-refractivity contribution is -0.123. The zero-order chi connectivity index (χ0) is 21.1. The molecular weight excluding hydrogens is 378 g/mol. The van der Waals surface area contributed by atoms with Crippen LogP contribution >= 0.6 is 0 Å². The SMILES string of the molecule is Cc1ccc(-c2cc(C(=O)NC(Cc3ccccc3)C(=O)NC3CC3)no2)cc1C. The molecule has 6 nitrogen and oxygen atoms in total. The summed E-state index contributed by atoms with van der Waals surface area (Å²) in [5.41, 5.74) is 4.30. The Morgan fingerprint density at radius 1 is 1.07 bits per heavy atom. The van der Waals surface area contributed by atoms with E-state index in [1.165, 1.54) is 5.56 Å². The van der Waals surface area contributed by atoms with Gasteiger partial charge in [-0.05, 0) is 49.4 Å². The molecular formula is C24H25N3O3. The van der Waals surface area contributed by atoms with Crippen molar-refractivity contribution in [3.63, 3.8) is 0 Å². The summed E-state index contributed by atoms with van der Waals surface area (Å²) < 4.78 is 5.39. The van der Waals surface area contributed by atoms with Gasteiger partial charge in [0.15, 0.2) is 11.5 Å². The summed E-state index contributed by atoms with van der Waals surface area (Å²) in [6, 6.07) is 16.7. The van der Waals surface area contributed by atoms with Gasteiger partial charge < -0.3 is 15.2 Å². The first-order chi connectivity index (χ1) is 14.5. The molecule has 2 N–H and O–H groups in total. The van der Waals surface area contributed by atoms with Gasteiger partial charge in [0.1, 0.15) is 6.04 Å². The molecule has 1 saturated carbocycles. The number of benzene rings is 2. The van der Waals surface area contributed by atoms with Gasteiger partial charge in [-0.2, -0.15) is 0 Å². The molecule has 4 rings (SSSR count). The minimum absolute atomic E-state index is 0.153. The molecule has 0 aliphatic heterocycles. The van der Waals surface area contributed by atoms with Crippen LogP contribution in [-0.4, -0.2) is 29.1 Å². The van der Waals surface area contributed by atoms with Gasteiger partial charge in [0, 0.05) is 24.1 Å². The second-order valence-corrected chi connectivity index (χ2v) is 7.87. The fourth-order valence-electron chi connectivity index (χ4n) is 3.23. The highest BCUT2D eigenvalue weighted by Crippen LogP contribution is 2.23. The average Bonchev–Trinajstić information content (AvgIpc) is 3.41. The zero-order valence-corrected chi connectivity index (χ0v) is 17.1. The Kier molecular flexibility index (Phi) is 5.65. The van der Waals surface area contributed by atoms with E-state index < -0.39 is 11.9 Å². The fourth-order valence-corrected chi connectivity index (χ4v) is 3.23. The van der Waals surface area contributed by atoms with Crippen molar-refractivity contribution in [2.45, 2.75) is 45.2 Å². The molecule has 1 unspecified atom stereocenters. The molecule has 30 heavy (non-hydrogen) atoms. The van der Waals surface area contributed by atoms with Gasteiger partial charge in [-0.15, -0.1) is 0 Å². The number of aryl methyl sites for hydroxylation is 2. The van der Waals surface area contributed by atoms with Crippen LogP contribution in [0.4, 0.5) is 0 Å². The molecule has 154 valence electrons. The van der Waals surface area contributed by atoms with Crippen LogP contribution in [0.15, 0.2) is 59.1 Å². The second-order valence-electron chi connectivity index (χ2n) is 7.87. The summed E-state index contributed by atoms with van der Waals surface area (Å²) in [7, 11) is 0. The number of amides is 2. The predicted molar refractivity (Wildman–Crippen MR) is 114 cm³/mol. The van der Waals surface area contributed by atoms with Crippen LogP contribution in [-0.2, 0) is 11.2 Å². The van der Waals surface area contributed by atoms with Crippen LogP contribution < -0.4 is 10.6 Å². The third kappa shape index (κ3) is 4.76. The monoisotopic (exact) mass is 403 g/mol. The second kappa shape index (κ2) is 8.53. The molecule has 3 aromatic rings. The first kappa shape index (κ1) is 19.9. The van der Waals surface area contributed by atoms with Crippen molar-refractivity contribution in [2.24, 2.45) is 0 Å². The largest absolute Gasteiger partial charge is 0.355 e. The molecule has 1 aliphatic rings. The van der Waals surface area contributed by atoms with Crippen LogP contribution in [0.25, 0.3) is 11.3 Å². The van der Waals surface area contributed by atoms with E-state index in [0.29, 0.717) is 12.2 Å². The Morgan fingerprint density at radius 2 is 1.83 bits per heavy atom. The van der Waals surface area contributed by atoms with Crippen LogP contribution in [0.1, 0.15) is 40.0 Å². The molecule has 0 spiro atoms. The molecule has 6 heteroatoms. The number of carbonyl (C=O) groups excluding carboxylic acids is 2. The van der Waals surface area contributed by atoms with Gasteiger partial charge in [0.05, 0.1) is 0 Å². The predicted octanol–water partition coefficient (Wildman–Crippen LogP) is 3.58. The van der Waals surface area contributed by atoms with Gasteiger partial charge in [-0.25, -0.2) is 0 Å². The van der Waals surface area contributed by atoms with E-state index >= 15 is 0 Å². The maximum Gasteiger partial charge on any atom is 0.274 e. The van der Waals surface area contributed by atoms with Gasteiger partial charge in [-0.1, -0.05) is 47.6 Å². The lowest BCUT2D eigenvalue weighted by Crippen LogP contribution is -2.48. The number of rotatable bonds is 7. The van der Waals surface area contributed by atoms with Crippen LogP contribution in [0.5, 0.6) is 0 Å². The number of hydrogen-bond donors (Lipinski definition) is 2. The van der Waals surface area contributed by atoms with E-state index in [2.05, 4.69) is 15.8 Å². The van der Waals surface area contributed by atoms with Crippen molar-refractivity contribution in [3.8, 4) is 11.3 Å². The van der Waals surface area contributed by atoms with Crippen molar-refractivity contribution in [1.82, 2.24) is 15.8 Å². The molecule has 1 heterocycles. The Hall–Kier alpha value is -3.41. The summed E-state index contributed by atoms with van der Waals surface area (Å²) in [5, 5.41) is 9.72. The van der Waals surface area contributed by atoms with E-state index in [4.69, 9.17) is 4.52 Å². The maximum absolute atomic E-state index is 12.8. The van der Waals surface area contributed by atoms with Crippen molar-refractivity contribution >= 4 is 11.8 Å². The fraction of sp³-hybridized carbons (Fsp3) is 0.292. The molecule has 1 fully saturated rings. The summed E-state index contributed by atoms with van der Waals surface area (Å²) in [4.78, 5) is 25.5. The van der Waals surface area contributed by atoms with E-state index in [9.17, 15) is 9.59 Å². The third-order valence-electron chi connectivity index (χ3n) is 5.36. The van der Waals surface area contributed by atoms with Crippen molar-refractivity contribution in [1.29, 1.82) is 0 Å². The number of nitrogens with one attached hydrogen (secondary N) is 2. The quantitative estimate of drug-likeness (QED) is 0.632. The van der Waals surface area contributed by atoms with Gasteiger partial charge >= 0.3 is 0 Å². The lowest BCUT2D eigenvalue weighted by Gasteiger charge is -2.18. The third-order valence-corrected chi connectivity index (χ3v) is 5.36. The van der Waals surface area contributed by atoms with E-state index in [0.717, 1.165) is 29.5 Å². The van der Waals surface area contributed by atoms with Crippen molar-refractivity contribution in [3.05, 3.63) is 77.0 Å². The molecule has 2 aromatic carbocycles. The van der Waals surface area contributed by atoms with Crippen molar-refractivity contribution in [2.75, 3.05) is 0 Å². The maximum atomic E-state index is 12.8. The summed E-state index contributed by atoms with van der Waals surface area (Å²) >= 11 is 0. The molecule has 0 radical (unpaired) electrons. The first-order valence-electron chi connectivity index (χ1n) is 10.2. The van der Waals surface area contributed by atoms with Gasteiger partial charge in [0.25, 0.3) is 5.91 Å². The topological polar surface area (TPSA) is 84.2 Å². The molecule has 2 amide bonds. The smallest absolute Gasteiger partial charge is 0.274 e. The van der Waals surface area contributed by atoms with Gasteiger partial charge in [-0.3, -0.25) is 9.59 Å². The molecule has 0 bridgehead atoms. The average molecular weight is 403 g/mol.